The molecule has 0 aliphatic rings. The number of nitrogens with zero attached hydrogens (tertiary/aromatic N) is 2. The summed E-state index contributed by atoms with van der Waals surface area (Å²) in [5.74, 6) is -1.39. The quantitative estimate of drug-likeness (QED) is 0.433. The van der Waals surface area contributed by atoms with Gasteiger partial charge in [-0.1, -0.05) is 22.9 Å². The van der Waals surface area contributed by atoms with Gasteiger partial charge in [-0.25, -0.2) is 0 Å². The minimum atomic E-state index is -0.729. The van der Waals surface area contributed by atoms with Crippen LogP contribution in [0.15, 0.2) is 28.4 Å². The SMILES string of the molecule is Cc1csc(=O)n1CCC(=O)OCC(=O)Nc1ccc(Cl)cc1[N+](=O)[O-]. The molecule has 1 aromatic heterocycles. The van der Waals surface area contributed by atoms with Gasteiger partial charge in [-0.05, 0) is 19.1 Å². The second kappa shape index (κ2) is 8.59. The maximum Gasteiger partial charge on any atom is 0.308 e. The van der Waals surface area contributed by atoms with Crippen LogP contribution in [-0.4, -0.2) is 28.0 Å². The van der Waals surface area contributed by atoms with E-state index in [1.54, 1.807) is 12.3 Å². The number of hydrogen-bond acceptors (Lipinski definition) is 7. The van der Waals surface area contributed by atoms with Crippen molar-refractivity contribution in [1.82, 2.24) is 4.57 Å². The summed E-state index contributed by atoms with van der Waals surface area (Å²) in [5.41, 5.74) is 0.311. The Bertz CT molecular complexity index is 907. The average Bonchev–Trinajstić information content (AvgIpc) is 2.90. The van der Waals surface area contributed by atoms with Crippen molar-refractivity contribution in [2.24, 2.45) is 0 Å². The predicted octanol–water partition coefficient (Wildman–Crippen LogP) is 2.35. The number of aromatic nitrogens is 1. The molecule has 0 spiro atoms. The Morgan fingerprint density at radius 2 is 2.15 bits per heavy atom. The first-order valence-corrected chi connectivity index (χ1v) is 8.58. The third-order valence-corrected chi connectivity index (χ3v) is 4.43. The van der Waals surface area contributed by atoms with Gasteiger partial charge in [0.2, 0.25) is 0 Å². The summed E-state index contributed by atoms with van der Waals surface area (Å²) >= 11 is 6.72. The standard InChI is InChI=1S/C15H14ClN3O6S/c1-9-8-26-15(22)18(9)5-4-14(21)25-7-13(20)17-11-3-2-10(16)6-12(11)19(23)24/h2-3,6,8H,4-5,7H2,1H3,(H,17,20). The van der Waals surface area contributed by atoms with Gasteiger partial charge < -0.3 is 14.6 Å². The number of nitro benzene ring substituents is 1. The van der Waals surface area contributed by atoms with Crippen molar-refractivity contribution in [3.63, 3.8) is 0 Å². The number of amides is 1. The van der Waals surface area contributed by atoms with Crippen molar-refractivity contribution in [3.8, 4) is 0 Å². The molecule has 2 aromatic rings. The Labute approximate surface area is 156 Å². The van der Waals surface area contributed by atoms with Crippen molar-refractivity contribution in [2.75, 3.05) is 11.9 Å². The normalized spacial score (nSPS) is 10.4. The second-order valence-electron chi connectivity index (χ2n) is 5.17. The van der Waals surface area contributed by atoms with Crippen LogP contribution in [0.1, 0.15) is 12.1 Å². The van der Waals surface area contributed by atoms with Gasteiger partial charge in [-0.3, -0.25) is 24.5 Å². The van der Waals surface area contributed by atoms with Gasteiger partial charge in [0.1, 0.15) is 5.69 Å². The Hall–Kier alpha value is -2.72. The van der Waals surface area contributed by atoms with E-state index in [0.29, 0.717) is 0 Å². The molecule has 9 nitrogen and oxygen atoms in total. The third kappa shape index (κ3) is 5.14. The highest BCUT2D eigenvalue weighted by atomic mass is 35.5. The number of hydrogen-bond donors (Lipinski definition) is 1. The van der Waals surface area contributed by atoms with Crippen LogP contribution in [0.25, 0.3) is 0 Å². The molecule has 0 bridgehead atoms. The van der Waals surface area contributed by atoms with Crippen LogP contribution in [-0.2, 0) is 20.9 Å². The Morgan fingerprint density at radius 3 is 2.77 bits per heavy atom. The van der Waals surface area contributed by atoms with Crippen LogP contribution >= 0.6 is 22.9 Å². The van der Waals surface area contributed by atoms with E-state index in [0.717, 1.165) is 23.1 Å². The van der Waals surface area contributed by atoms with Crippen LogP contribution in [0.5, 0.6) is 0 Å². The molecule has 1 aromatic carbocycles. The van der Waals surface area contributed by atoms with Crippen molar-refractivity contribution >= 4 is 46.2 Å². The van der Waals surface area contributed by atoms with E-state index >= 15 is 0 Å². The Balaban J connectivity index is 1.86. The molecule has 2 rings (SSSR count). The molecular formula is C15H14ClN3O6S. The van der Waals surface area contributed by atoms with Crippen molar-refractivity contribution < 1.29 is 19.2 Å². The highest BCUT2D eigenvalue weighted by Gasteiger charge is 2.17. The number of rotatable bonds is 7. The third-order valence-electron chi connectivity index (χ3n) is 3.31. The average molecular weight is 400 g/mol. The maximum atomic E-state index is 11.8. The van der Waals surface area contributed by atoms with Crippen molar-refractivity contribution in [1.29, 1.82) is 0 Å². The largest absolute Gasteiger partial charge is 0.456 e. The molecular weight excluding hydrogens is 386 g/mol. The molecule has 1 N–H and O–H groups in total. The van der Waals surface area contributed by atoms with E-state index in [-0.39, 0.29) is 34.2 Å². The molecule has 0 unspecified atom stereocenters. The van der Waals surface area contributed by atoms with Crippen molar-refractivity contribution in [2.45, 2.75) is 19.9 Å². The van der Waals surface area contributed by atoms with Crippen LogP contribution < -0.4 is 10.2 Å². The molecule has 0 aliphatic carbocycles. The molecule has 0 saturated heterocycles. The first-order valence-electron chi connectivity index (χ1n) is 7.32. The zero-order valence-electron chi connectivity index (χ0n) is 13.6. The molecule has 0 radical (unpaired) electrons. The first-order chi connectivity index (χ1) is 12.3. The molecule has 138 valence electrons. The number of carbonyl (C=O) groups is 2. The van der Waals surface area contributed by atoms with Crippen LogP contribution in [0.4, 0.5) is 11.4 Å². The summed E-state index contributed by atoms with van der Waals surface area (Å²) in [5, 5.41) is 15.1. The summed E-state index contributed by atoms with van der Waals surface area (Å²) in [4.78, 5) is 45.1. The zero-order valence-corrected chi connectivity index (χ0v) is 15.1. The lowest BCUT2D eigenvalue weighted by Crippen LogP contribution is -2.23. The van der Waals surface area contributed by atoms with E-state index < -0.39 is 23.4 Å². The first kappa shape index (κ1) is 19.6. The summed E-state index contributed by atoms with van der Waals surface area (Å²) in [6.07, 6.45) is -0.0775. The Morgan fingerprint density at radius 1 is 1.42 bits per heavy atom. The highest BCUT2D eigenvalue weighted by molar-refractivity contribution is 7.07. The molecule has 0 saturated carbocycles. The number of benzene rings is 1. The molecule has 0 fully saturated rings. The van der Waals surface area contributed by atoms with E-state index in [1.807, 2.05) is 0 Å². The topological polar surface area (TPSA) is 121 Å². The van der Waals surface area contributed by atoms with Crippen LogP contribution in [0.2, 0.25) is 5.02 Å². The van der Waals surface area contributed by atoms with Gasteiger partial charge in [-0.2, -0.15) is 0 Å². The zero-order chi connectivity index (χ0) is 19.3. The lowest BCUT2D eigenvalue weighted by Gasteiger charge is -2.08. The fraction of sp³-hybridized carbons (Fsp3) is 0.267. The monoisotopic (exact) mass is 399 g/mol. The molecule has 11 heteroatoms. The number of ether oxygens (including phenoxy) is 1. The number of anilines is 1. The van der Waals surface area contributed by atoms with Crippen LogP contribution in [0.3, 0.4) is 0 Å². The van der Waals surface area contributed by atoms with E-state index in [1.165, 1.54) is 16.7 Å². The number of carbonyl (C=O) groups excluding carboxylic acids is 2. The number of aryl methyl sites for hydroxylation is 1. The summed E-state index contributed by atoms with van der Waals surface area (Å²) in [7, 11) is 0. The number of nitro groups is 1. The van der Waals surface area contributed by atoms with Crippen molar-refractivity contribution in [3.05, 3.63) is 54.1 Å². The second-order valence-corrected chi connectivity index (χ2v) is 6.43. The Kier molecular flexibility index (Phi) is 6.47. The summed E-state index contributed by atoms with van der Waals surface area (Å²) < 4.78 is 6.25. The van der Waals surface area contributed by atoms with Gasteiger partial charge in [-0.15, -0.1) is 0 Å². The van der Waals surface area contributed by atoms with E-state index in [2.05, 4.69) is 5.32 Å². The van der Waals surface area contributed by atoms with Gasteiger partial charge in [0, 0.05) is 28.7 Å². The van der Waals surface area contributed by atoms with E-state index in [4.69, 9.17) is 16.3 Å². The number of thiazole rings is 1. The summed E-state index contributed by atoms with van der Waals surface area (Å²) in [6.45, 7) is 1.29. The molecule has 26 heavy (non-hydrogen) atoms. The fourth-order valence-electron chi connectivity index (χ4n) is 2.04. The molecule has 1 amide bonds. The minimum Gasteiger partial charge on any atom is -0.456 e. The maximum absolute atomic E-state index is 11.8. The lowest BCUT2D eigenvalue weighted by molar-refractivity contribution is -0.383. The number of esters is 1. The number of nitrogens with one attached hydrogen (secondary N) is 1. The minimum absolute atomic E-state index is 0.0547. The number of halogens is 1. The summed E-state index contributed by atoms with van der Waals surface area (Å²) in [6, 6.07) is 3.77. The van der Waals surface area contributed by atoms with Crippen LogP contribution in [0, 0.1) is 17.0 Å². The van der Waals surface area contributed by atoms with E-state index in [9.17, 15) is 24.5 Å². The fourth-order valence-corrected chi connectivity index (χ4v) is 2.97. The lowest BCUT2D eigenvalue weighted by atomic mass is 10.2. The van der Waals surface area contributed by atoms with Gasteiger partial charge in [0.05, 0.1) is 11.3 Å². The molecule has 0 aliphatic heterocycles. The predicted molar refractivity (Wildman–Crippen MR) is 95.6 cm³/mol. The van der Waals surface area contributed by atoms with Gasteiger partial charge >= 0.3 is 10.8 Å². The molecule has 1 heterocycles. The van der Waals surface area contributed by atoms with Gasteiger partial charge in [0.15, 0.2) is 6.61 Å². The smallest absolute Gasteiger partial charge is 0.308 e. The highest BCUT2D eigenvalue weighted by Crippen LogP contribution is 2.27. The molecule has 0 atom stereocenters. The van der Waals surface area contributed by atoms with Gasteiger partial charge in [0.25, 0.3) is 11.6 Å².